The number of alkyl halides is 3. The van der Waals surface area contributed by atoms with E-state index < -0.39 is 35.4 Å². The van der Waals surface area contributed by atoms with E-state index in [1.165, 1.54) is 28.2 Å². The van der Waals surface area contributed by atoms with Gasteiger partial charge in [-0.05, 0) is 71.5 Å². The second-order valence-electron chi connectivity index (χ2n) is 9.23. The van der Waals surface area contributed by atoms with E-state index in [0.29, 0.717) is 30.7 Å². The molecule has 0 bridgehead atoms. The van der Waals surface area contributed by atoms with Crippen LogP contribution in [0.4, 0.5) is 18.0 Å². The summed E-state index contributed by atoms with van der Waals surface area (Å²) in [5.74, 6) is -1.08. The van der Waals surface area contributed by atoms with Gasteiger partial charge in [0.2, 0.25) is 5.60 Å². The van der Waals surface area contributed by atoms with Crippen molar-refractivity contribution < 1.29 is 36.8 Å². The van der Waals surface area contributed by atoms with E-state index in [4.69, 9.17) is 20.9 Å². The van der Waals surface area contributed by atoms with Crippen LogP contribution in [0.15, 0.2) is 63.9 Å². The molecule has 0 unspecified atom stereocenters. The number of nitrogens with one attached hydrogen (secondary N) is 1. The predicted octanol–water partition coefficient (Wildman–Crippen LogP) is 5.62. The maximum atomic E-state index is 13.9. The first-order valence-electron chi connectivity index (χ1n) is 11.7. The molecular formula is C26H15ClF3IN4O6. The quantitative estimate of drug-likeness (QED) is 0.237. The molecule has 10 nitrogen and oxygen atoms in total. The highest BCUT2D eigenvalue weighted by Gasteiger charge is 2.46. The third-order valence-corrected chi connectivity index (χ3v) is 7.92. The van der Waals surface area contributed by atoms with Crippen molar-refractivity contribution in [3.05, 3.63) is 84.8 Å². The lowest BCUT2D eigenvalue weighted by atomic mass is 9.94. The smallest absolute Gasteiger partial charge is 0.428 e. The van der Waals surface area contributed by atoms with Crippen LogP contribution in [0.2, 0.25) is 5.02 Å². The lowest BCUT2D eigenvalue weighted by molar-refractivity contribution is -0.274. The summed E-state index contributed by atoms with van der Waals surface area (Å²) >= 11 is 8.08. The van der Waals surface area contributed by atoms with Crippen LogP contribution >= 0.6 is 34.2 Å². The van der Waals surface area contributed by atoms with Crippen molar-refractivity contribution in [3.63, 3.8) is 0 Å². The summed E-state index contributed by atoms with van der Waals surface area (Å²) < 4.78 is 57.0. The van der Waals surface area contributed by atoms with E-state index in [0.717, 1.165) is 12.1 Å². The first-order chi connectivity index (χ1) is 19.3. The number of aromatic nitrogens is 3. The zero-order valence-electron chi connectivity index (χ0n) is 20.6. The van der Waals surface area contributed by atoms with E-state index in [2.05, 4.69) is 15.2 Å². The van der Waals surface area contributed by atoms with Crippen LogP contribution in [-0.2, 0) is 21.7 Å². The first-order valence-corrected chi connectivity index (χ1v) is 13.2. The number of fused-ring (bicyclic) bond motifs is 2. The molecule has 1 saturated heterocycles. The minimum Gasteiger partial charge on any atom is -0.428 e. The number of carbonyl (C=O) groups excluding carboxylic acids is 2. The van der Waals surface area contributed by atoms with Gasteiger partial charge in [0.15, 0.2) is 11.4 Å². The molecule has 41 heavy (non-hydrogen) atoms. The van der Waals surface area contributed by atoms with Gasteiger partial charge in [0.25, 0.3) is 5.91 Å². The Bertz CT molecular complexity index is 1970. The van der Waals surface area contributed by atoms with Gasteiger partial charge in [-0.3, -0.25) is 14.7 Å². The third kappa shape index (κ3) is 4.69. The fourth-order valence-corrected chi connectivity index (χ4v) is 5.34. The van der Waals surface area contributed by atoms with Crippen molar-refractivity contribution in [1.29, 1.82) is 0 Å². The van der Waals surface area contributed by atoms with Crippen molar-refractivity contribution in [3.8, 4) is 11.6 Å². The van der Waals surface area contributed by atoms with Crippen LogP contribution in [0.25, 0.3) is 27.8 Å². The zero-order valence-corrected chi connectivity index (χ0v) is 23.5. The van der Waals surface area contributed by atoms with Crippen molar-refractivity contribution in [1.82, 2.24) is 19.6 Å². The van der Waals surface area contributed by atoms with Gasteiger partial charge in [-0.25, -0.2) is 14.2 Å². The molecule has 0 saturated carbocycles. The van der Waals surface area contributed by atoms with Crippen LogP contribution in [0, 0.1) is 3.57 Å². The van der Waals surface area contributed by atoms with Crippen LogP contribution in [0.1, 0.15) is 18.1 Å². The molecule has 1 fully saturated rings. The van der Waals surface area contributed by atoms with Gasteiger partial charge in [0.05, 0.1) is 23.0 Å². The Balaban J connectivity index is 1.54. The second-order valence-corrected chi connectivity index (χ2v) is 10.8. The van der Waals surface area contributed by atoms with Crippen LogP contribution in [-0.4, -0.2) is 32.7 Å². The van der Waals surface area contributed by atoms with Crippen LogP contribution in [0.5, 0.6) is 5.75 Å². The predicted molar refractivity (Wildman–Crippen MR) is 147 cm³/mol. The third-order valence-electron chi connectivity index (χ3n) is 6.63. The highest BCUT2D eigenvalue weighted by molar-refractivity contribution is 14.1. The van der Waals surface area contributed by atoms with Crippen LogP contribution in [0.3, 0.4) is 0 Å². The number of carbonyl (C=O) groups is 2. The molecule has 0 aliphatic carbocycles. The number of amides is 2. The maximum Gasteiger partial charge on any atom is 0.573 e. The number of alkyl carbamates (subject to hydrolysis) is 1. The summed E-state index contributed by atoms with van der Waals surface area (Å²) in [7, 11) is 0. The molecule has 1 aliphatic heterocycles. The number of cyclic esters (lactones) is 1. The average Bonchev–Trinajstić information content (AvgIpc) is 3.50. The molecule has 1 atom stereocenters. The van der Waals surface area contributed by atoms with Crippen LogP contribution < -0.4 is 15.7 Å². The minimum absolute atomic E-state index is 0.110. The number of hydrogen-bond donors (Lipinski definition) is 1. The largest absolute Gasteiger partial charge is 0.573 e. The lowest BCUT2D eigenvalue weighted by Gasteiger charge is -2.21. The summed E-state index contributed by atoms with van der Waals surface area (Å²) in [5, 5.41) is 6.96. The summed E-state index contributed by atoms with van der Waals surface area (Å²) in [5.41, 5.74) is -0.724. The molecule has 1 aliphatic rings. The second kappa shape index (κ2) is 9.51. The van der Waals surface area contributed by atoms with Gasteiger partial charge < -0.3 is 14.0 Å². The van der Waals surface area contributed by atoms with E-state index in [1.54, 1.807) is 30.3 Å². The Hall–Kier alpha value is -4.05. The summed E-state index contributed by atoms with van der Waals surface area (Å²) in [4.78, 5) is 38.1. The molecule has 0 radical (unpaired) electrons. The lowest BCUT2D eigenvalue weighted by Crippen LogP contribution is -2.33. The molecule has 5 aromatic rings. The maximum absolute atomic E-state index is 13.9. The number of hydrogen-bond acceptors (Lipinski definition) is 7. The summed E-state index contributed by atoms with van der Waals surface area (Å²) in [6, 6.07) is 13.1. The van der Waals surface area contributed by atoms with E-state index in [1.807, 2.05) is 22.6 Å². The highest BCUT2D eigenvalue weighted by atomic mass is 127. The Morgan fingerprint density at radius 3 is 2.56 bits per heavy atom. The Morgan fingerprint density at radius 2 is 1.85 bits per heavy atom. The van der Waals surface area contributed by atoms with Crippen molar-refractivity contribution in [2.24, 2.45) is 0 Å². The molecular weight excluding hydrogens is 684 g/mol. The molecule has 3 aromatic carbocycles. The standard InChI is InChI=1S/C26H15ClF3IN4O6/c1-25(22(36)32-23(37)40-25)13-2-6-17(31)12(8-13)11-34-19-10-15(39-26(28,29)30)4-7-18(19)35(24(34)38)21-16-5-3-14(27)9-20(16)41-33-21/h2-10H,11H2,1H3,(H,32,36,37)/t25-/m0/s1. The number of benzene rings is 3. The van der Waals surface area contributed by atoms with Crippen molar-refractivity contribution in [2.45, 2.75) is 25.4 Å². The zero-order chi connectivity index (χ0) is 29.3. The van der Waals surface area contributed by atoms with E-state index in [-0.39, 0.29) is 23.4 Å². The first kappa shape index (κ1) is 27.1. The Morgan fingerprint density at radius 1 is 1.07 bits per heavy atom. The molecule has 1 N–H and O–H groups in total. The van der Waals surface area contributed by atoms with Crippen molar-refractivity contribution in [2.75, 3.05) is 0 Å². The number of ether oxygens (including phenoxy) is 2. The van der Waals surface area contributed by atoms with Crippen molar-refractivity contribution >= 4 is 68.2 Å². The minimum atomic E-state index is -4.96. The van der Waals surface area contributed by atoms with E-state index >= 15 is 0 Å². The molecule has 6 rings (SSSR count). The Labute approximate surface area is 245 Å². The number of nitrogens with zero attached hydrogens (tertiary/aromatic N) is 3. The Kier molecular flexibility index (Phi) is 6.29. The number of halogens is 5. The van der Waals surface area contributed by atoms with E-state index in [9.17, 15) is 27.6 Å². The molecule has 2 amide bonds. The molecule has 210 valence electrons. The molecule has 3 heterocycles. The number of rotatable bonds is 5. The average molecular weight is 699 g/mol. The van der Waals surface area contributed by atoms with Gasteiger partial charge in [0, 0.05) is 26.3 Å². The SMILES string of the molecule is C[C@@]1(c2ccc(I)c(Cn3c(=O)n(-c4noc5cc(Cl)ccc45)c4ccc(OC(F)(F)F)cc43)c2)OC(=O)NC1=O. The summed E-state index contributed by atoms with van der Waals surface area (Å²) in [6.45, 7) is 1.30. The topological polar surface area (TPSA) is 118 Å². The normalized spacial score (nSPS) is 17.3. The molecule has 0 spiro atoms. The highest BCUT2D eigenvalue weighted by Crippen LogP contribution is 2.33. The monoisotopic (exact) mass is 698 g/mol. The molecule has 15 heteroatoms. The molecule has 2 aromatic heterocycles. The van der Waals surface area contributed by atoms with Gasteiger partial charge >= 0.3 is 18.1 Å². The van der Waals surface area contributed by atoms with Gasteiger partial charge in [-0.2, -0.15) is 0 Å². The van der Waals surface area contributed by atoms with Gasteiger partial charge in [-0.15, -0.1) is 13.2 Å². The summed E-state index contributed by atoms with van der Waals surface area (Å²) in [6.07, 6.45) is -5.85. The fraction of sp³-hybridized carbons (Fsp3) is 0.154. The fourth-order valence-electron chi connectivity index (χ4n) is 4.67. The number of imidazole rings is 1. The van der Waals surface area contributed by atoms with Gasteiger partial charge in [-0.1, -0.05) is 22.8 Å². The number of imide groups is 1. The van der Waals surface area contributed by atoms with Gasteiger partial charge in [0.1, 0.15) is 5.75 Å².